The Balaban J connectivity index is 1.98. The van der Waals surface area contributed by atoms with Crippen LogP contribution in [0.4, 0.5) is 0 Å². The van der Waals surface area contributed by atoms with E-state index in [2.05, 4.69) is 29.8 Å². The normalized spacial score (nSPS) is 12.3. The molecule has 3 nitrogen and oxygen atoms in total. The van der Waals surface area contributed by atoms with Crippen LogP contribution in [0.2, 0.25) is 5.02 Å². The van der Waals surface area contributed by atoms with Crippen molar-refractivity contribution in [1.29, 1.82) is 0 Å². The van der Waals surface area contributed by atoms with Crippen LogP contribution < -0.4 is 10.1 Å². The highest BCUT2D eigenvalue weighted by atomic mass is 35.5. The molecule has 0 aliphatic carbocycles. The lowest BCUT2D eigenvalue weighted by atomic mass is 10.1. The SMILES string of the molecule is COc1cc(Cl)cc(CNC(C)Cc2cccs2)c1O. The van der Waals surface area contributed by atoms with Crippen molar-refractivity contribution in [1.82, 2.24) is 5.32 Å². The second kappa shape index (κ2) is 6.97. The van der Waals surface area contributed by atoms with Gasteiger partial charge in [-0.3, -0.25) is 0 Å². The third kappa shape index (κ3) is 3.88. The first-order chi connectivity index (χ1) is 9.60. The molecule has 2 N–H and O–H groups in total. The highest BCUT2D eigenvalue weighted by molar-refractivity contribution is 7.09. The highest BCUT2D eigenvalue weighted by Gasteiger charge is 2.11. The second-order valence-corrected chi connectivity index (χ2v) is 6.15. The number of nitrogens with one attached hydrogen (secondary N) is 1. The van der Waals surface area contributed by atoms with E-state index >= 15 is 0 Å². The van der Waals surface area contributed by atoms with E-state index in [9.17, 15) is 5.11 Å². The van der Waals surface area contributed by atoms with Crippen LogP contribution >= 0.6 is 22.9 Å². The first kappa shape index (κ1) is 15.2. The van der Waals surface area contributed by atoms with Gasteiger partial charge in [-0.15, -0.1) is 11.3 Å². The molecule has 0 bridgehead atoms. The minimum Gasteiger partial charge on any atom is -0.504 e. The topological polar surface area (TPSA) is 41.5 Å². The molecule has 0 spiro atoms. The molecule has 2 aromatic rings. The fourth-order valence-electron chi connectivity index (χ4n) is 2.01. The molecule has 0 aliphatic heterocycles. The maximum Gasteiger partial charge on any atom is 0.162 e. The van der Waals surface area contributed by atoms with Crippen molar-refractivity contribution >= 4 is 22.9 Å². The Hall–Kier alpha value is -1.23. The number of phenolic OH excluding ortho intramolecular Hbond substituents is 1. The number of phenols is 1. The number of aromatic hydroxyl groups is 1. The average molecular weight is 312 g/mol. The largest absolute Gasteiger partial charge is 0.504 e. The zero-order chi connectivity index (χ0) is 14.5. The summed E-state index contributed by atoms with van der Waals surface area (Å²) in [6.07, 6.45) is 0.968. The molecule has 1 atom stereocenters. The summed E-state index contributed by atoms with van der Waals surface area (Å²) >= 11 is 7.77. The Morgan fingerprint density at radius 2 is 2.25 bits per heavy atom. The Labute approximate surface area is 128 Å². The molecule has 1 aromatic carbocycles. The molecule has 0 radical (unpaired) electrons. The highest BCUT2D eigenvalue weighted by Crippen LogP contribution is 2.33. The van der Waals surface area contributed by atoms with Gasteiger partial charge in [-0.05, 0) is 30.9 Å². The van der Waals surface area contributed by atoms with Gasteiger partial charge >= 0.3 is 0 Å². The Bertz CT molecular complexity index is 557. The number of rotatable bonds is 6. The standard InChI is InChI=1S/C15H18ClNO2S/c1-10(6-13-4-3-5-20-13)17-9-11-7-12(16)8-14(19-2)15(11)18/h3-5,7-8,10,17-18H,6,9H2,1-2H3. The van der Waals surface area contributed by atoms with Crippen LogP contribution in [0.3, 0.4) is 0 Å². The summed E-state index contributed by atoms with van der Waals surface area (Å²) in [4.78, 5) is 1.35. The van der Waals surface area contributed by atoms with Crippen LogP contribution in [0.1, 0.15) is 17.4 Å². The van der Waals surface area contributed by atoms with Gasteiger partial charge in [0.2, 0.25) is 0 Å². The van der Waals surface area contributed by atoms with Crippen molar-refractivity contribution in [2.45, 2.75) is 25.9 Å². The van der Waals surface area contributed by atoms with E-state index in [0.29, 0.717) is 23.4 Å². The lowest BCUT2D eigenvalue weighted by Crippen LogP contribution is -2.27. The maximum absolute atomic E-state index is 10.1. The molecule has 1 aromatic heterocycles. The van der Waals surface area contributed by atoms with Gasteiger partial charge in [-0.25, -0.2) is 0 Å². The molecule has 5 heteroatoms. The molecular weight excluding hydrogens is 294 g/mol. The van der Waals surface area contributed by atoms with Gasteiger partial charge < -0.3 is 15.2 Å². The van der Waals surface area contributed by atoms with Crippen molar-refractivity contribution < 1.29 is 9.84 Å². The van der Waals surface area contributed by atoms with Gasteiger partial charge in [0.05, 0.1) is 7.11 Å². The van der Waals surface area contributed by atoms with E-state index in [1.807, 2.05) is 0 Å². The number of methoxy groups -OCH3 is 1. The Morgan fingerprint density at radius 3 is 2.90 bits per heavy atom. The quantitative estimate of drug-likeness (QED) is 0.851. The fraction of sp³-hybridized carbons (Fsp3) is 0.333. The molecule has 0 saturated heterocycles. The average Bonchev–Trinajstić information content (AvgIpc) is 2.92. The van der Waals surface area contributed by atoms with E-state index in [0.717, 1.165) is 12.0 Å². The first-order valence-electron chi connectivity index (χ1n) is 6.41. The molecule has 0 amide bonds. The number of ether oxygens (including phenoxy) is 1. The molecule has 0 saturated carbocycles. The van der Waals surface area contributed by atoms with Gasteiger partial charge in [0.15, 0.2) is 11.5 Å². The van der Waals surface area contributed by atoms with E-state index in [4.69, 9.17) is 16.3 Å². The zero-order valence-electron chi connectivity index (χ0n) is 11.5. The lowest BCUT2D eigenvalue weighted by molar-refractivity contribution is 0.369. The number of benzene rings is 1. The fourth-order valence-corrected chi connectivity index (χ4v) is 3.07. The summed E-state index contributed by atoms with van der Waals surface area (Å²) < 4.78 is 5.10. The summed E-state index contributed by atoms with van der Waals surface area (Å²) in [5.74, 6) is 0.549. The maximum atomic E-state index is 10.1. The monoisotopic (exact) mass is 311 g/mol. The van der Waals surface area contributed by atoms with Crippen LogP contribution in [0.15, 0.2) is 29.6 Å². The molecule has 20 heavy (non-hydrogen) atoms. The zero-order valence-corrected chi connectivity index (χ0v) is 13.1. The van der Waals surface area contributed by atoms with E-state index in [1.54, 1.807) is 23.5 Å². The number of hydrogen-bond donors (Lipinski definition) is 2. The summed E-state index contributed by atoms with van der Waals surface area (Å²) in [6, 6.07) is 7.86. The van der Waals surface area contributed by atoms with Crippen LogP contribution in [0.5, 0.6) is 11.5 Å². The van der Waals surface area contributed by atoms with Gasteiger partial charge in [-0.1, -0.05) is 17.7 Å². The third-order valence-corrected chi connectivity index (χ3v) is 4.18. The molecule has 1 unspecified atom stereocenters. The van der Waals surface area contributed by atoms with Crippen LogP contribution in [-0.4, -0.2) is 18.3 Å². The third-order valence-electron chi connectivity index (χ3n) is 3.07. The summed E-state index contributed by atoms with van der Waals surface area (Å²) in [7, 11) is 1.52. The van der Waals surface area contributed by atoms with Gasteiger partial charge in [0.25, 0.3) is 0 Å². The van der Waals surface area contributed by atoms with E-state index in [1.165, 1.54) is 12.0 Å². The molecule has 0 fully saturated rings. The van der Waals surface area contributed by atoms with Crippen molar-refractivity contribution in [2.24, 2.45) is 0 Å². The predicted molar refractivity (Wildman–Crippen MR) is 84.0 cm³/mol. The van der Waals surface area contributed by atoms with Gasteiger partial charge in [0.1, 0.15) is 0 Å². The van der Waals surface area contributed by atoms with Crippen molar-refractivity contribution in [3.8, 4) is 11.5 Å². The van der Waals surface area contributed by atoms with Crippen LogP contribution in [0.25, 0.3) is 0 Å². The first-order valence-corrected chi connectivity index (χ1v) is 7.67. The Morgan fingerprint density at radius 1 is 1.45 bits per heavy atom. The van der Waals surface area contributed by atoms with Gasteiger partial charge in [0, 0.05) is 34.1 Å². The lowest BCUT2D eigenvalue weighted by Gasteiger charge is -2.15. The molecule has 2 rings (SSSR count). The summed E-state index contributed by atoms with van der Waals surface area (Å²) in [6.45, 7) is 2.67. The van der Waals surface area contributed by atoms with E-state index < -0.39 is 0 Å². The minimum atomic E-state index is 0.146. The van der Waals surface area contributed by atoms with E-state index in [-0.39, 0.29) is 5.75 Å². The minimum absolute atomic E-state index is 0.146. The Kier molecular flexibility index (Phi) is 5.29. The molecular formula is C15H18ClNO2S. The van der Waals surface area contributed by atoms with Crippen LogP contribution in [0, 0.1) is 0 Å². The second-order valence-electron chi connectivity index (χ2n) is 4.68. The smallest absolute Gasteiger partial charge is 0.162 e. The number of thiophene rings is 1. The molecule has 108 valence electrons. The van der Waals surface area contributed by atoms with Crippen molar-refractivity contribution in [3.05, 3.63) is 45.1 Å². The molecule has 0 aliphatic rings. The predicted octanol–water partition coefficient (Wildman–Crippen LogP) is 3.84. The number of hydrogen-bond acceptors (Lipinski definition) is 4. The summed E-state index contributed by atoms with van der Waals surface area (Å²) in [5.41, 5.74) is 0.743. The van der Waals surface area contributed by atoms with Crippen molar-refractivity contribution in [2.75, 3.05) is 7.11 Å². The summed E-state index contributed by atoms with van der Waals surface area (Å²) in [5, 5.41) is 16.1. The molecule has 1 heterocycles. The van der Waals surface area contributed by atoms with Crippen LogP contribution in [-0.2, 0) is 13.0 Å². The van der Waals surface area contributed by atoms with Crippen molar-refractivity contribution in [3.63, 3.8) is 0 Å². The number of halogens is 1. The van der Waals surface area contributed by atoms with Gasteiger partial charge in [-0.2, -0.15) is 0 Å².